The molecule has 15 heavy (non-hydrogen) atoms. The van der Waals surface area contributed by atoms with Gasteiger partial charge in [0, 0.05) is 18.0 Å². The molecule has 0 spiro atoms. The Kier molecular flexibility index (Phi) is 3.92. The van der Waals surface area contributed by atoms with Gasteiger partial charge in [0.1, 0.15) is 5.75 Å². The second-order valence-corrected chi connectivity index (χ2v) is 2.72. The molecular weight excluding hydrogens is 190 g/mol. The van der Waals surface area contributed by atoms with Crippen molar-refractivity contribution in [3.63, 3.8) is 0 Å². The molecule has 3 nitrogen and oxygen atoms in total. The first-order chi connectivity index (χ1) is 7.36. The number of ether oxygens (including phenoxy) is 1. The Hall–Kier alpha value is -1.77. The van der Waals surface area contributed by atoms with Gasteiger partial charge in [-0.05, 0) is 18.2 Å². The summed E-state index contributed by atoms with van der Waals surface area (Å²) >= 11 is 0. The van der Waals surface area contributed by atoms with E-state index in [9.17, 15) is 4.79 Å². The standard InChI is InChI=1S/C10H9NO2.C2H6/c1-13-9-3-2-5-11-6-4-8(7-12)10(9)11;1-2/h2-7H,1H3;1-2H3. The van der Waals surface area contributed by atoms with Crippen molar-refractivity contribution in [3.8, 4) is 5.75 Å². The highest BCUT2D eigenvalue weighted by Gasteiger charge is 2.05. The quantitative estimate of drug-likeness (QED) is 0.706. The summed E-state index contributed by atoms with van der Waals surface area (Å²) in [7, 11) is 1.59. The summed E-state index contributed by atoms with van der Waals surface area (Å²) in [6.07, 6.45) is 4.55. The molecule has 0 atom stereocenters. The van der Waals surface area contributed by atoms with E-state index in [1.807, 2.05) is 42.8 Å². The normalized spacial score (nSPS) is 9.27. The number of methoxy groups -OCH3 is 1. The van der Waals surface area contributed by atoms with Gasteiger partial charge in [0.05, 0.1) is 12.6 Å². The molecule has 0 fully saturated rings. The van der Waals surface area contributed by atoms with E-state index in [4.69, 9.17) is 4.74 Å². The van der Waals surface area contributed by atoms with Crippen LogP contribution >= 0.6 is 0 Å². The van der Waals surface area contributed by atoms with Crippen LogP contribution in [0, 0.1) is 0 Å². The molecule has 2 aromatic heterocycles. The molecule has 0 unspecified atom stereocenters. The summed E-state index contributed by atoms with van der Waals surface area (Å²) in [6, 6.07) is 5.48. The van der Waals surface area contributed by atoms with E-state index >= 15 is 0 Å². The van der Waals surface area contributed by atoms with E-state index in [1.54, 1.807) is 13.2 Å². The number of carbonyl (C=O) groups is 1. The maximum absolute atomic E-state index is 10.7. The Morgan fingerprint density at radius 1 is 1.27 bits per heavy atom. The lowest BCUT2D eigenvalue weighted by Gasteiger charge is -2.02. The van der Waals surface area contributed by atoms with Gasteiger partial charge in [-0.2, -0.15) is 0 Å². The van der Waals surface area contributed by atoms with Gasteiger partial charge in [0.2, 0.25) is 0 Å². The van der Waals surface area contributed by atoms with Gasteiger partial charge in [-0.1, -0.05) is 13.8 Å². The van der Waals surface area contributed by atoms with Crippen LogP contribution in [0.25, 0.3) is 5.52 Å². The van der Waals surface area contributed by atoms with Crippen molar-refractivity contribution in [1.82, 2.24) is 4.40 Å². The molecule has 2 aromatic rings. The zero-order valence-corrected chi connectivity index (χ0v) is 9.23. The number of pyridine rings is 1. The summed E-state index contributed by atoms with van der Waals surface area (Å²) in [5.41, 5.74) is 1.47. The average Bonchev–Trinajstić information content (AvgIpc) is 2.74. The molecule has 3 heteroatoms. The molecule has 2 rings (SSSR count). The SMILES string of the molecule is CC.COc1cccn2ccc(C=O)c12. The van der Waals surface area contributed by atoms with Gasteiger partial charge in [0.15, 0.2) is 6.29 Å². The van der Waals surface area contributed by atoms with Crippen LogP contribution in [0.1, 0.15) is 24.2 Å². The fourth-order valence-corrected chi connectivity index (χ4v) is 1.42. The number of hydrogen-bond acceptors (Lipinski definition) is 2. The Morgan fingerprint density at radius 2 is 2.00 bits per heavy atom. The molecule has 0 saturated carbocycles. The van der Waals surface area contributed by atoms with Crippen molar-refractivity contribution >= 4 is 11.8 Å². The van der Waals surface area contributed by atoms with E-state index in [0.717, 1.165) is 17.6 Å². The minimum atomic E-state index is 0.650. The van der Waals surface area contributed by atoms with Crippen LogP contribution in [0.4, 0.5) is 0 Å². The van der Waals surface area contributed by atoms with E-state index in [0.29, 0.717) is 5.56 Å². The monoisotopic (exact) mass is 205 g/mol. The highest BCUT2D eigenvalue weighted by molar-refractivity contribution is 5.89. The summed E-state index contributed by atoms with van der Waals surface area (Å²) in [5.74, 6) is 0.717. The van der Waals surface area contributed by atoms with Crippen LogP contribution < -0.4 is 4.74 Å². The Morgan fingerprint density at radius 3 is 2.60 bits per heavy atom. The number of carbonyl (C=O) groups excluding carboxylic acids is 1. The van der Waals surface area contributed by atoms with Gasteiger partial charge in [0.25, 0.3) is 0 Å². The summed E-state index contributed by atoms with van der Waals surface area (Å²) in [6.45, 7) is 4.00. The van der Waals surface area contributed by atoms with Gasteiger partial charge < -0.3 is 9.14 Å². The highest BCUT2D eigenvalue weighted by atomic mass is 16.5. The molecule has 0 amide bonds. The molecular formula is C12H15NO2. The average molecular weight is 205 g/mol. The smallest absolute Gasteiger partial charge is 0.152 e. The fraction of sp³-hybridized carbons (Fsp3) is 0.250. The van der Waals surface area contributed by atoms with Gasteiger partial charge in [-0.3, -0.25) is 4.79 Å². The molecule has 0 aliphatic rings. The number of aldehydes is 1. The Balaban J connectivity index is 0.000000531. The lowest BCUT2D eigenvalue weighted by atomic mass is 10.2. The first kappa shape index (κ1) is 11.3. The Labute approximate surface area is 89.3 Å². The van der Waals surface area contributed by atoms with Crippen molar-refractivity contribution in [2.24, 2.45) is 0 Å². The molecule has 80 valence electrons. The van der Waals surface area contributed by atoms with Crippen LogP contribution in [0.2, 0.25) is 0 Å². The summed E-state index contributed by atoms with van der Waals surface area (Å²) < 4.78 is 7.01. The second-order valence-electron chi connectivity index (χ2n) is 2.72. The van der Waals surface area contributed by atoms with E-state index < -0.39 is 0 Å². The van der Waals surface area contributed by atoms with Crippen LogP contribution in [-0.2, 0) is 0 Å². The van der Waals surface area contributed by atoms with Crippen LogP contribution in [0.5, 0.6) is 5.75 Å². The molecule has 0 saturated heterocycles. The molecule has 0 aliphatic heterocycles. The fourth-order valence-electron chi connectivity index (χ4n) is 1.42. The molecule has 0 radical (unpaired) electrons. The highest BCUT2D eigenvalue weighted by Crippen LogP contribution is 2.22. The van der Waals surface area contributed by atoms with Crippen LogP contribution in [0.15, 0.2) is 30.6 Å². The maximum atomic E-state index is 10.7. The summed E-state index contributed by atoms with van der Waals surface area (Å²) in [4.78, 5) is 10.7. The molecule has 0 aliphatic carbocycles. The van der Waals surface area contributed by atoms with Crippen LogP contribution in [-0.4, -0.2) is 17.8 Å². The predicted molar refractivity (Wildman–Crippen MR) is 60.7 cm³/mol. The first-order valence-corrected chi connectivity index (χ1v) is 4.95. The molecule has 2 heterocycles. The van der Waals surface area contributed by atoms with Gasteiger partial charge in [-0.25, -0.2) is 0 Å². The number of hydrogen-bond donors (Lipinski definition) is 0. The second kappa shape index (κ2) is 5.20. The maximum Gasteiger partial charge on any atom is 0.152 e. The Bertz CT molecular complexity index is 446. The number of rotatable bonds is 2. The first-order valence-electron chi connectivity index (χ1n) is 4.95. The number of nitrogens with zero attached hydrogens (tertiary/aromatic N) is 1. The van der Waals surface area contributed by atoms with Crippen molar-refractivity contribution in [2.45, 2.75) is 13.8 Å². The lowest BCUT2D eigenvalue weighted by molar-refractivity contribution is 0.112. The van der Waals surface area contributed by atoms with E-state index in [2.05, 4.69) is 0 Å². The lowest BCUT2D eigenvalue weighted by Crippen LogP contribution is -1.90. The predicted octanol–water partition coefficient (Wildman–Crippen LogP) is 2.79. The third kappa shape index (κ3) is 2.01. The summed E-state index contributed by atoms with van der Waals surface area (Å²) in [5, 5.41) is 0. The zero-order valence-electron chi connectivity index (χ0n) is 9.23. The number of fused-ring (bicyclic) bond motifs is 1. The van der Waals surface area contributed by atoms with Crippen LogP contribution in [0.3, 0.4) is 0 Å². The van der Waals surface area contributed by atoms with Crippen molar-refractivity contribution in [1.29, 1.82) is 0 Å². The van der Waals surface area contributed by atoms with E-state index in [-0.39, 0.29) is 0 Å². The minimum Gasteiger partial charge on any atom is -0.495 e. The van der Waals surface area contributed by atoms with Crippen molar-refractivity contribution in [3.05, 3.63) is 36.2 Å². The number of aromatic nitrogens is 1. The van der Waals surface area contributed by atoms with Gasteiger partial charge in [-0.15, -0.1) is 0 Å². The van der Waals surface area contributed by atoms with Crippen molar-refractivity contribution in [2.75, 3.05) is 7.11 Å². The van der Waals surface area contributed by atoms with Gasteiger partial charge >= 0.3 is 0 Å². The largest absolute Gasteiger partial charge is 0.495 e. The molecule has 0 N–H and O–H groups in total. The van der Waals surface area contributed by atoms with Crippen molar-refractivity contribution < 1.29 is 9.53 Å². The minimum absolute atomic E-state index is 0.650. The third-order valence-corrected chi connectivity index (χ3v) is 2.02. The zero-order chi connectivity index (χ0) is 11.3. The molecule has 0 aromatic carbocycles. The van der Waals surface area contributed by atoms with E-state index in [1.165, 1.54) is 0 Å². The molecule has 0 bridgehead atoms. The third-order valence-electron chi connectivity index (χ3n) is 2.02. The topological polar surface area (TPSA) is 30.7 Å².